The summed E-state index contributed by atoms with van der Waals surface area (Å²) < 4.78 is 5.33. The van der Waals surface area contributed by atoms with Gasteiger partial charge in [0.25, 0.3) is 5.56 Å². The van der Waals surface area contributed by atoms with Gasteiger partial charge in [-0.25, -0.2) is 9.67 Å². The molecule has 7 nitrogen and oxygen atoms in total. The summed E-state index contributed by atoms with van der Waals surface area (Å²) in [6, 6.07) is 17.3. The van der Waals surface area contributed by atoms with Crippen LogP contribution in [0.25, 0.3) is 16.7 Å². The fourth-order valence-electron chi connectivity index (χ4n) is 3.40. The molecular formula is C22H23N5O2S. The number of aryl methyl sites for hydroxylation is 1. The van der Waals surface area contributed by atoms with Crippen LogP contribution in [0.4, 0.5) is 5.69 Å². The Morgan fingerprint density at radius 2 is 1.77 bits per heavy atom. The van der Waals surface area contributed by atoms with Crippen molar-refractivity contribution in [1.82, 2.24) is 18.9 Å². The molecule has 8 heteroatoms. The molecule has 0 radical (unpaired) electrons. The first-order valence-electron chi connectivity index (χ1n) is 9.65. The maximum absolute atomic E-state index is 12.9. The summed E-state index contributed by atoms with van der Waals surface area (Å²) in [5.41, 5.74) is 3.54. The molecule has 1 amide bonds. The fourth-order valence-corrected chi connectivity index (χ4v) is 4.33. The van der Waals surface area contributed by atoms with Crippen molar-refractivity contribution in [1.29, 1.82) is 0 Å². The minimum atomic E-state index is -0.238. The van der Waals surface area contributed by atoms with Gasteiger partial charge in [0.2, 0.25) is 5.91 Å². The first kappa shape index (κ1) is 20.0. The van der Waals surface area contributed by atoms with Crippen molar-refractivity contribution in [2.75, 3.05) is 11.1 Å². The molecule has 2 heterocycles. The Hall–Kier alpha value is -3.26. The number of anilines is 1. The topological polar surface area (TPSA) is 73.8 Å². The van der Waals surface area contributed by atoms with Gasteiger partial charge in [0, 0.05) is 26.3 Å². The van der Waals surface area contributed by atoms with Crippen LogP contribution in [-0.4, -0.2) is 30.6 Å². The lowest BCUT2D eigenvalue weighted by Crippen LogP contribution is -2.23. The summed E-state index contributed by atoms with van der Waals surface area (Å²) >= 11 is 1.53. The number of nitrogens with one attached hydrogen (secondary N) is 1. The smallest absolute Gasteiger partial charge is 0.295 e. The highest BCUT2D eigenvalue weighted by molar-refractivity contribution is 7.99. The van der Waals surface area contributed by atoms with Gasteiger partial charge in [-0.3, -0.25) is 14.3 Å². The van der Waals surface area contributed by atoms with E-state index >= 15 is 0 Å². The molecule has 0 unspecified atom stereocenters. The van der Waals surface area contributed by atoms with Crippen LogP contribution in [0, 0.1) is 6.92 Å². The highest BCUT2D eigenvalue weighted by Gasteiger charge is 2.18. The first-order chi connectivity index (χ1) is 14.5. The van der Waals surface area contributed by atoms with Crippen molar-refractivity contribution < 1.29 is 4.79 Å². The van der Waals surface area contributed by atoms with Crippen molar-refractivity contribution in [3.05, 3.63) is 70.6 Å². The van der Waals surface area contributed by atoms with Gasteiger partial charge in [0.1, 0.15) is 5.69 Å². The molecule has 2 aromatic carbocycles. The molecule has 0 saturated heterocycles. The van der Waals surface area contributed by atoms with E-state index in [2.05, 4.69) is 10.3 Å². The number of amides is 1. The third kappa shape index (κ3) is 3.66. The molecule has 0 bridgehead atoms. The number of thioether (sulfide) groups is 1. The van der Waals surface area contributed by atoms with Gasteiger partial charge in [-0.15, -0.1) is 0 Å². The largest absolute Gasteiger partial charge is 0.322 e. The lowest BCUT2D eigenvalue weighted by Gasteiger charge is -2.07. The van der Waals surface area contributed by atoms with E-state index in [1.807, 2.05) is 73.1 Å². The predicted octanol–water partition coefficient (Wildman–Crippen LogP) is 3.49. The number of carbonyl (C=O) groups is 1. The Balaban J connectivity index is 1.44. The maximum atomic E-state index is 12.9. The molecule has 0 saturated carbocycles. The zero-order valence-corrected chi connectivity index (χ0v) is 17.9. The van der Waals surface area contributed by atoms with Gasteiger partial charge in [0.05, 0.1) is 22.4 Å². The van der Waals surface area contributed by atoms with Gasteiger partial charge in [-0.2, -0.15) is 0 Å². The number of imidazole rings is 1. The molecule has 4 rings (SSSR count). The number of rotatable bonds is 6. The van der Waals surface area contributed by atoms with E-state index in [0.717, 1.165) is 21.9 Å². The minimum absolute atomic E-state index is 0.188. The summed E-state index contributed by atoms with van der Waals surface area (Å²) in [5, 5.41) is 3.67. The van der Waals surface area contributed by atoms with Crippen LogP contribution in [0.5, 0.6) is 0 Å². The lowest BCUT2D eigenvalue weighted by atomic mass is 10.3. The summed E-state index contributed by atoms with van der Waals surface area (Å²) in [6.45, 7) is 1.82. The number of carbonyl (C=O) groups excluding carboxylic acids is 1. The summed E-state index contributed by atoms with van der Waals surface area (Å²) in [5.74, 6) is 0.383. The SMILES string of the molecule is Cc1c(NC(=O)CCSc2nc3ccccc3n2C)c(=O)n(-c2ccccc2)n1C. The monoisotopic (exact) mass is 421 g/mol. The number of aromatic nitrogens is 4. The number of para-hydroxylation sites is 3. The molecule has 0 spiro atoms. The Labute approximate surface area is 178 Å². The number of benzene rings is 2. The van der Waals surface area contributed by atoms with Gasteiger partial charge in [-0.1, -0.05) is 42.1 Å². The second-order valence-corrected chi connectivity index (χ2v) is 8.09. The third-order valence-corrected chi connectivity index (χ3v) is 6.16. The van der Waals surface area contributed by atoms with E-state index in [4.69, 9.17) is 0 Å². The highest BCUT2D eigenvalue weighted by Crippen LogP contribution is 2.23. The van der Waals surface area contributed by atoms with Crippen LogP contribution < -0.4 is 10.9 Å². The minimum Gasteiger partial charge on any atom is -0.322 e. The lowest BCUT2D eigenvalue weighted by molar-refractivity contribution is -0.115. The Morgan fingerprint density at radius 1 is 1.07 bits per heavy atom. The van der Waals surface area contributed by atoms with Gasteiger partial charge < -0.3 is 9.88 Å². The molecule has 30 heavy (non-hydrogen) atoms. The van der Waals surface area contributed by atoms with Crippen LogP contribution >= 0.6 is 11.8 Å². The molecule has 2 aromatic heterocycles. The molecule has 0 atom stereocenters. The quantitative estimate of drug-likeness (QED) is 0.484. The average Bonchev–Trinajstić information content (AvgIpc) is 3.18. The standard InChI is InChI=1S/C22H23N5O2S/c1-15-20(21(29)27(26(15)3)16-9-5-4-6-10-16)24-19(28)13-14-30-22-23-17-11-7-8-12-18(17)25(22)2/h4-12H,13-14H2,1-3H3,(H,24,28). The van der Waals surface area contributed by atoms with E-state index in [9.17, 15) is 9.59 Å². The molecule has 0 aliphatic heterocycles. The number of fused-ring (bicyclic) bond motifs is 1. The molecule has 0 aliphatic carbocycles. The van der Waals surface area contributed by atoms with E-state index in [0.29, 0.717) is 17.1 Å². The van der Waals surface area contributed by atoms with Crippen LogP contribution in [0.1, 0.15) is 12.1 Å². The number of hydrogen-bond acceptors (Lipinski definition) is 4. The summed E-state index contributed by atoms with van der Waals surface area (Å²) in [6.07, 6.45) is 0.285. The van der Waals surface area contributed by atoms with Crippen molar-refractivity contribution >= 4 is 34.4 Å². The normalized spacial score (nSPS) is 11.2. The second-order valence-electron chi connectivity index (χ2n) is 7.03. The molecule has 0 aliphatic rings. The zero-order valence-electron chi connectivity index (χ0n) is 17.1. The van der Waals surface area contributed by atoms with E-state index in [1.165, 1.54) is 11.8 Å². The average molecular weight is 422 g/mol. The molecule has 4 aromatic rings. The van der Waals surface area contributed by atoms with Crippen LogP contribution in [-0.2, 0) is 18.9 Å². The van der Waals surface area contributed by atoms with Crippen molar-refractivity contribution in [3.8, 4) is 5.69 Å². The number of nitrogens with zero attached hydrogens (tertiary/aromatic N) is 4. The third-order valence-electron chi connectivity index (χ3n) is 5.13. The van der Waals surface area contributed by atoms with Crippen LogP contribution in [0.3, 0.4) is 0 Å². The Bertz CT molecular complexity index is 1270. The van der Waals surface area contributed by atoms with E-state index in [1.54, 1.807) is 16.4 Å². The summed E-state index contributed by atoms with van der Waals surface area (Å²) in [7, 11) is 3.78. The van der Waals surface area contributed by atoms with Crippen molar-refractivity contribution in [2.24, 2.45) is 14.1 Å². The maximum Gasteiger partial charge on any atom is 0.295 e. The van der Waals surface area contributed by atoms with Crippen LogP contribution in [0.2, 0.25) is 0 Å². The molecule has 0 fully saturated rings. The number of hydrogen-bond donors (Lipinski definition) is 1. The van der Waals surface area contributed by atoms with Gasteiger partial charge >= 0.3 is 0 Å². The predicted molar refractivity (Wildman–Crippen MR) is 120 cm³/mol. The first-order valence-corrected chi connectivity index (χ1v) is 10.6. The Morgan fingerprint density at radius 3 is 2.50 bits per heavy atom. The van der Waals surface area contributed by atoms with E-state index < -0.39 is 0 Å². The van der Waals surface area contributed by atoms with Gasteiger partial charge in [0.15, 0.2) is 5.16 Å². The zero-order chi connectivity index (χ0) is 21.3. The molecule has 154 valence electrons. The van der Waals surface area contributed by atoms with Crippen molar-refractivity contribution in [2.45, 2.75) is 18.5 Å². The van der Waals surface area contributed by atoms with Gasteiger partial charge in [-0.05, 0) is 31.2 Å². The molecule has 1 N–H and O–H groups in total. The Kier molecular flexibility index (Phi) is 5.50. The highest BCUT2D eigenvalue weighted by atomic mass is 32.2. The molecular weight excluding hydrogens is 398 g/mol. The summed E-state index contributed by atoms with van der Waals surface area (Å²) in [4.78, 5) is 30.0. The van der Waals surface area contributed by atoms with E-state index in [-0.39, 0.29) is 17.9 Å². The van der Waals surface area contributed by atoms with Crippen LogP contribution in [0.15, 0.2) is 64.5 Å². The van der Waals surface area contributed by atoms with Crippen molar-refractivity contribution in [3.63, 3.8) is 0 Å². The second kappa shape index (κ2) is 8.23. The fraction of sp³-hybridized carbons (Fsp3) is 0.227.